The highest BCUT2D eigenvalue weighted by Gasteiger charge is 2.48. The Morgan fingerprint density at radius 3 is 2.21 bits per heavy atom. The molecule has 1 fully saturated rings. The van der Waals surface area contributed by atoms with Crippen LogP contribution in [0.5, 0.6) is 0 Å². The number of rotatable bonds is 5. The van der Waals surface area contributed by atoms with Gasteiger partial charge in [0.15, 0.2) is 11.4 Å². The number of hydrogen-bond donors (Lipinski definition) is 2. The van der Waals surface area contributed by atoms with E-state index in [9.17, 15) is 18.8 Å². The van der Waals surface area contributed by atoms with Crippen molar-refractivity contribution < 1.29 is 14.0 Å². The molecular weight excluding hydrogens is 373 g/mol. The average molecular weight is 391 g/mol. The first kappa shape index (κ1) is 18.6. The van der Waals surface area contributed by atoms with Crippen LogP contribution in [0.4, 0.5) is 9.18 Å². The summed E-state index contributed by atoms with van der Waals surface area (Å²) in [5.74, 6) is -1.51. The predicted molar refractivity (Wildman–Crippen MR) is 105 cm³/mol. The van der Waals surface area contributed by atoms with Crippen LogP contribution in [0.2, 0.25) is 0 Å². The van der Waals surface area contributed by atoms with Gasteiger partial charge in [-0.1, -0.05) is 54.6 Å². The second-order valence-corrected chi connectivity index (χ2v) is 6.96. The molecule has 2 N–H and O–H groups in total. The van der Waals surface area contributed by atoms with E-state index in [0.29, 0.717) is 5.56 Å². The summed E-state index contributed by atoms with van der Waals surface area (Å²) in [6.07, 6.45) is 2.10. The standard InChI is InChI=1S/C22H18FN3O3/c23-18-7-4-12-26(19(18)27)14-22(20(28)24-21(29)25-22)17-10-8-16(9-11-17)13-15-5-2-1-3-6-15/h1-12H,13-14H2,(H2,24,25,28,29). The largest absolute Gasteiger partial charge is 0.322 e. The Hall–Kier alpha value is -3.74. The van der Waals surface area contributed by atoms with Crippen molar-refractivity contribution in [3.8, 4) is 0 Å². The van der Waals surface area contributed by atoms with Crippen LogP contribution in [-0.2, 0) is 23.3 Å². The zero-order valence-electron chi connectivity index (χ0n) is 15.4. The first-order chi connectivity index (χ1) is 14.0. The highest BCUT2D eigenvalue weighted by Crippen LogP contribution is 2.27. The van der Waals surface area contributed by atoms with Gasteiger partial charge in [0.2, 0.25) is 0 Å². The van der Waals surface area contributed by atoms with Crippen molar-refractivity contribution in [1.82, 2.24) is 15.2 Å². The predicted octanol–water partition coefficient (Wildman–Crippen LogP) is 2.31. The fraction of sp³-hybridized carbons (Fsp3) is 0.136. The molecule has 1 unspecified atom stereocenters. The molecule has 1 atom stereocenters. The van der Waals surface area contributed by atoms with E-state index in [4.69, 9.17) is 0 Å². The number of hydrogen-bond acceptors (Lipinski definition) is 3. The molecule has 2 heterocycles. The van der Waals surface area contributed by atoms with Crippen LogP contribution in [0.25, 0.3) is 0 Å². The number of nitrogens with zero attached hydrogens (tertiary/aromatic N) is 1. The normalized spacial score (nSPS) is 18.4. The second kappa shape index (κ2) is 7.35. The molecule has 0 spiro atoms. The molecule has 29 heavy (non-hydrogen) atoms. The summed E-state index contributed by atoms with van der Waals surface area (Å²) in [6, 6.07) is 18.9. The minimum atomic E-state index is -1.50. The van der Waals surface area contributed by atoms with Crippen molar-refractivity contribution in [3.63, 3.8) is 0 Å². The van der Waals surface area contributed by atoms with E-state index in [1.165, 1.54) is 12.3 Å². The quantitative estimate of drug-likeness (QED) is 0.655. The molecule has 4 rings (SSSR count). The number of carbonyl (C=O) groups excluding carboxylic acids is 2. The average Bonchev–Trinajstić information content (AvgIpc) is 3.01. The number of benzene rings is 2. The molecule has 1 aliphatic heterocycles. The molecular formula is C22H18FN3O3. The monoisotopic (exact) mass is 391 g/mol. The van der Waals surface area contributed by atoms with Gasteiger partial charge in [0.1, 0.15) is 0 Å². The Balaban J connectivity index is 1.69. The third-order valence-electron chi connectivity index (χ3n) is 5.02. The molecule has 2 aromatic carbocycles. The fourth-order valence-corrected chi connectivity index (χ4v) is 3.52. The fourth-order valence-electron chi connectivity index (χ4n) is 3.52. The SMILES string of the molecule is O=C1NC(=O)C(Cn2cccc(F)c2=O)(c2ccc(Cc3ccccc3)cc2)N1. The maximum absolute atomic E-state index is 13.7. The molecule has 3 amide bonds. The lowest BCUT2D eigenvalue weighted by Gasteiger charge is -2.27. The van der Waals surface area contributed by atoms with Gasteiger partial charge in [-0.05, 0) is 35.2 Å². The van der Waals surface area contributed by atoms with E-state index in [-0.39, 0.29) is 6.54 Å². The lowest BCUT2D eigenvalue weighted by Crippen LogP contribution is -2.49. The highest BCUT2D eigenvalue weighted by molar-refractivity contribution is 6.07. The third-order valence-corrected chi connectivity index (χ3v) is 5.02. The second-order valence-electron chi connectivity index (χ2n) is 6.96. The zero-order chi connectivity index (χ0) is 20.4. The van der Waals surface area contributed by atoms with Crippen LogP contribution in [0.1, 0.15) is 16.7 Å². The van der Waals surface area contributed by atoms with Crippen molar-refractivity contribution in [3.05, 3.63) is 106 Å². The van der Waals surface area contributed by atoms with Crippen LogP contribution in [0, 0.1) is 5.82 Å². The highest BCUT2D eigenvalue weighted by atomic mass is 19.1. The minimum Gasteiger partial charge on any atom is -0.318 e. The van der Waals surface area contributed by atoms with E-state index in [1.807, 2.05) is 42.5 Å². The zero-order valence-corrected chi connectivity index (χ0v) is 15.4. The number of carbonyl (C=O) groups is 2. The van der Waals surface area contributed by atoms with Gasteiger partial charge < -0.3 is 9.88 Å². The van der Waals surface area contributed by atoms with Gasteiger partial charge in [0.05, 0.1) is 6.54 Å². The van der Waals surface area contributed by atoms with Crippen LogP contribution < -0.4 is 16.2 Å². The number of imide groups is 1. The van der Waals surface area contributed by atoms with Crippen LogP contribution in [0.3, 0.4) is 0 Å². The summed E-state index contributed by atoms with van der Waals surface area (Å²) in [5, 5.41) is 4.83. The molecule has 1 aromatic heterocycles. The van der Waals surface area contributed by atoms with Gasteiger partial charge in [-0.15, -0.1) is 0 Å². The Morgan fingerprint density at radius 1 is 0.862 bits per heavy atom. The van der Waals surface area contributed by atoms with E-state index >= 15 is 0 Å². The smallest absolute Gasteiger partial charge is 0.318 e. The summed E-state index contributed by atoms with van der Waals surface area (Å²) < 4.78 is 14.8. The summed E-state index contributed by atoms with van der Waals surface area (Å²) in [5.41, 5.74) is 0.325. The van der Waals surface area contributed by atoms with E-state index in [0.717, 1.165) is 28.2 Å². The van der Waals surface area contributed by atoms with Gasteiger partial charge >= 0.3 is 6.03 Å². The Morgan fingerprint density at radius 2 is 1.55 bits per heavy atom. The maximum Gasteiger partial charge on any atom is 0.322 e. The van der Waals surface area contributed by atoms with E-state index in [1.54, 1.807) is 12.1 Å². The maximum atomic E-state index is 13.7. The number of aromatic nitrogens is 1. The lowest BCUT2D eigenvalue weighted by molar-refractivity contribution is -0.124. The molecule has 0 aliphatic carbocycles. The van der Waals surface area contributed by atoms with Crippen LogP contribution in [0.15, 0.2) is 77.7 Å². The van der Waals surface area contributed by atoms with Crippen molar-refractivity contribution in [1.29, 1.82) is 0 Å². The van der Waals surface area contributed by atoms with Crippen molar-refractivity contribution in [2.45, 2.75) is 18.5 Å². The molecule has 3 aromatic rings. The van der Waals surface area contributed by atoms with Crippen molar-refractivity contribution >= 4 is 11.9 Å². The summed E-state index contributed by atoms with van der Waals surface area (Å²) in [4.78, 5) is 36.7. The molecule has 6 nitrogen and oxygen atoms in total. The van der Waals surface area contributed by atoms with Gasteiger partial charge in [0.25, 0.3) is 11.5 Å². The topological polar surface area (TPSA) is 80.2 Å². The summed E-state index contributed by atoms with van der Waals surface area (Å²) in [6.45, 7) is -0.223. The van der Waals surface area contributed by atoms with E-state index in [2.05, 4.69) is 10.6 Å². The summed E-state index contributed by atoms with van der Waals surface area (Å²) in [7, 11) is 0. The van der Waals surface area contributed by atoms with Gasteiger partial charge in [-0.3, -0.25) is 14.9 Å². The van der Waals surface area contributed by atoms with Gasteiger partial charge in [0, 0.05) is 6.20 Å². The summed E-state index contributed by atoms with van der Waals surface area (Å²) >= 11 is 0. The molecule has 7 heteroatoms. The third kappa shape index (κ3) is 3.54. The number of halogens is 1. The minimum absolute atomic E-state index is 0.223. The molecule has 0 saturated carbocycles. The first-order valence-corrected chi connectivity index (χ1v) is 9.10. The number of amides is 3. The van der Waals surface area contributed by atoms with E-state index < -0.39 is 28.9 Å². The number of urea groups is 1. The van der Waals surface area contributed by atoms with Gasteiger partial charge in [-0.25, -0.2) is 9.18 Å². The molecule has 0 radical (unpaired) electrons. The van der Waals surface area contributed by atoms with Crippen molar-refractivity contribution in [2.24, 2.45) is 0 Å². The van der Waals surface area contributed by atoms with Crippen LogP contribution in [-0.4, -0.2) is 16.5 Å². The van der Waals surface area contributed by atoms with Crippen LogP contribution >= 0.6 is 0 Å². The first-order valence-electron chi connectivity index (χ1n) is 9.10. The molecule has 1 aliphatic rings. The molecule has 1 saturated heterocycles. The lowest BCUT2D eigenvalue weighted by atomic mass is 9.88. The Kier molecular flexibility index (Phi) is 4.72. The Labute approximate surface area is 166 Å². The van der Waals surface area contributed by atoms with Crippen molar-refractivity contribution in [2.75, 3.05) is 0 Å². The molecule has 0 bridgehead atoms. The number of nitrogens with one attached hydrogen (secondary N) is 2. The number of pyridine rings is 1. The van der Waals surface area contributed by atoms with Gasteiger partial charge in [-0.2, -0.15) is 0 Å². The Bertz CT molecular complexity index is 1130. The molecule has 146 valence electrons.